The van der Waals surface area contributed by atoms with Crippen molar-refractivity contribution in [1.82, 2.24) is 10.2 Å². The summed E-state index contributed by atoms with van der Waals surface area (Å²) < 4.78 is 12.0. The molecule has 3 N–H and O–H groups in total. The lowest BCUT2D eigenvalue weighted by Gasteiger charge is -2.26. The fraction of sp³-hybridized carbons (Fsp3) is 0.389. The molecule has 7 heteroatoms. The van der Waals surface area contributed by atoms with Gasteiger partial charge in [0.05, 0.1) is 13.2 Å². The van der Waals surface area contributed by atoms with Crippen LogP contribution in [0.15, 0.2) is 45.3 Å². The molecule has 1 aliphatic rings. The molecule has 2 aromatic rings. The second kappa shape index (κ2) is 9.72. The molecule has 1 amide bonds. The van der Waals surface area contributed by atoms with E-state index in [1.807, 2.05) is 30.3 Å². The molecule has 0 atom stereocenters. The Hall–Kier alpha value is -1.67. The quantitative estimate of drug-likeness (QED) is 0.740. The van der Waals surface area contributed by atoms with Crippen LogP contribution in [0.25, 0.3) is 11.3 Å². The van der Waals surface area contributed by atoms with Crippen molar-refractivity contribution in [3.05, 3.63) is 46.6 Å². The molecule has 0 radical (unpaired) electrons. The summed E-state index contributed by atoms with van der Waals surface area (Å²) in [5.74, 6) is 0.876. The zero-order chi connectivity index (χ0) is 16.8. The summed E-state index contributed by atoms with van der Waals surface area (Å²) in [5, 5.41) is 2.91. The Morgan fingerprint density at radius 3 is 2.56 bits per heavy atom. The molecule has 0 saturated carbocycles. The third-order valence-electron chi connectivity index (χ3n) is 4.00. The van der Waals surface area contributed by atoms with E-state index >= 15 is 0 Å². The number of hydrogen-bond donors (Lipinski definition) is 1. The fourth-order valence-electron chi connectivity index (χ4n) is 2.65. The molecule has 2 heterocycles. The zero-order valence-electron chi connectivity index (χ0n) is 14.0. The van der Waals surface area contributed by atoms with Crippen LogP contribution in [0.3, 0.4) is 0 Å². The van der Waals surface area contributed by atoms with Crippen LogP contribution in [0.4, 0.5) is 0 Å². The highest BCUT2D eigenvalue weighted by Crippen LogP contribution is 2.23. The van der Waals surface area contributed by atoms with Crippen molar-refractivity contribution in [2.45, 2.75) is 6.42 Å². The van der Waals surface area contributed by atoms with Crippen LogP contribution in [0, 0.1) is 0 Å². The minimum Gasteiger partial charge on any atom is -0.451 e. The van der Waals surface area contributed by atoms with Crippen LogP contribution in [0.2, 0.25) is 0 Å². The number of halogens is 1. The summed E-state index contributed by atoms with van der Waals surface area (Å²) in [6, 6.07) is 11.3. The van der Waals surface area contributed by atoms with E-state index in [1.54, 1.807) is 6.07 Å². The Balaban J connectivity index is 0.00000225. The van der Waals surface area contributed by atoms with Crippen LogP contribution in [0.1, 0.15) is 17.0 Å². The molecule has 136 valence electrons. The maximum atomic E-state index is 12.1. The Morgan fingerprint density at radius 1 is 1.12 bits per heavy atom. The van der Waals surface area contributed by atoms with Crippen LogP contribution in [-0.2, 0) is 4.74 Å². The topological polar surface area (TPSA) is 86.2 Å². The number of nitrogens with zero attached hydrogens (tertiary/aromatic N) is 1. The Bertz CT molecular complexity index is 666. The molecule has 0 unspecified atom stereocenters. The SMILES string of the molecule is O.O=C(NCCCN1CCOCC1)c1ccc(-c2ccc(Br)cc2)o1. The largest absolute Gasteiger partial charge is 0.451 e. The number of morpholine rings is 1. The van der Waals surface area contributed by atoms with Crippen molar-refractivity contribution in [2.24, 2.45) is 0 Å². The number of carbonyl (C=O) groups is 1. The van der Waals surface area contributed by atoms with E-state index in [-0.39, 0.29) is 11.4 Å². The number of benzene rings is 1. The third-order valence-corrected chi connectivity index (χ3v) is 4.53. The Kier molecular flexibility index (Phi) is 7.64. The highest BCUT2D eigenvalue weighted by Gasteiger charge is 2.13. The second-order valence-electron chi connectivity index (χ2n) is 5.73. The summed E-state index contributed by atoms with van der Waals surface area (Å²) in [4.78, 5) is 14.5. The van der Waals surface area contributed by atoms with Crippen molar-refractivity contribution in [3.63, 3.8) is 0 Å². The molecule has 0 aliphatic carbocycles. The first-order chi connectivity index (χ1) is 11.7. The Morgan fingerprint density at radius 2 is 1.84 bits per heavy atom. The molecule has 0 spiro atoms. The van der Waals surface area contributed by atoms with E-state index in [0.717, 1.165) is 49.3 Å². The lowest BCUT2D eigenvalue weighted by Crippen LogP contribution is -2.38. The van der Waals surface area contributed by atoms with Gasteiger partial charge in [0.25, 0.3) is 5.91 Å². The summed E-state index contributed by atoms with van der Waals surface area (Å²) in [6.45, 7) is 5.18. The van der Waals surface area contributed by atoms with Crippen LogP contribution in [0.5, 0.6) is 0 Å². The number of nitrogens with one attached hydrogen (secondary N) is 1. The first-order valence-electron chi connectivity index (χ1n) is 8.16. The number of amides is 1. The molecule has 3 rings (SSSR count). The van der Waals surface area contributed by atoms with Gasteiger partial charge in [0.1, 0.15) is 5.76 Å². The summed E-state index contributed by atoms with van der Waals surface area (Å²) >= 11 is 3.41. The van der Waals surface area contributed by atoms with Crippen molar-refractivity contribution in [3.8, 4) is 11.3 Å². The van der Waals surface area contributed by atoms with Gasteiger partial charge in [-0.1, -0.05) is 28.1 Å². The van der Waals surface area contributed by atoms with Crippen LogP contribution < -0.4 is 5.32 Å². The van der Waals surface area contributed by atoms with Gasteiger partial charge in [0.2, 0.25) is 0 Å². The molecule has 6 nitrogen and oxygen atoms in total. The zero-order valence-corrected chi connectivity index (χ0v) is 15.5. The lowest BCUT2D eigenvalue weighted by atomic mass is 10.2. The molecule has 0 bridgehead atoms. The molecule has 1 aromatic carbocycles. The molecule has 25 heavy (non-hydrogen) atoms. The summed E-state index contributed by atoms with van der Waals surface area (Å²) in [5.41, 5.74) is 0.949. The highest BCUT2D eigenvalue weighted by atomic mass is 79.9. The van der Waals surface area contributed by atoms with Crippen molar-refractivity contribution < 1.29 is 19.4 Å². The van der Waals surface area contributed by atoms with E-state index in [2.05, 4.69) is 26.1 Å². The highest BCUT2D eigenvalue weighted by molar-refractivity contribution is 9.10. The molecule has 1 fully saturated rings. The van der Waals surface area contributed by atoms with Crippen molar-refractivity contribution in [1.29, 1.82) is 0 Å². The minimum absolute atomic E-state index is 0. The van der Waals surface area contributed by atoms with Gasteiger partial charge >= 0.3 is 0 Å². The van der Waals surface area contributed by atoms with Crippen molar-refractivity contribution >= 4 is 21.8 Å². The minimum atomic E-state index is -0.166. The van der Waals surface area contributed by atoms with E-state index < -0.39 is 0 Å². The Labute approximate surface area is 155 Å². The monoisotopic (exact) mass is 410 g/mol. The third kappa shape index (κ3) is 5.67. The van der Waals surface area contributed by atoms with E-state index in [4.69, 9.17) is 9.15 Å². The molecular weight excluding hydrogens is 388 g/mol. The maximum Gasteiger partial charge on any atom is 0.287 e. The van der Waals surface area contributed by atoms with Gasteiger partial charge < -0.3 is 19.9 Å². The molecular formula is C18H23BrN2O4. The molecule has 1 aliphatic heterocycles. The van der Waals surface area contributed by atoms with Gasteiger partial charge in [-0.3, -0.25) is 9.69 Å². The standard InChI is InChI=1S/C18H21BrN2O3.H2O/c19-15-4-2-14(3-5-15)16-6-7-17(24-16)18(22)20-8-1-9-21-10-12-23-13-11-21;/h2-7H,1,8-13H2,(H,20,22);1H2. The van der Waals surface area contributed by atoms with E-state index in [9.17, 15) is 4.79 Å². The maximum absolute atomic E-state index is 12.1. The van der Waals surface area contributed by atoms with Gasteiger partial charge in [-0.05, 0) is 37.2 Å². The van der Waals surface area contributed by atoms with E-state index in [1.165, 1.54) is 0 Å². The number of hydrogen-bond acceptors (Lipinski definition) is 4. The van der Waals surface area contributed by atoms with Gasteiger partial charge in [-0.15, -0.1) is 0 Å². The number of carbonyl (C=O) groups excluding carboxylic acids is 1. The normalized spacial score (nSPS) is 14.8. The number of rotatable bonds is 6. The van der Waals surface area contributed by atoms with Gasteiger partial charge in [-0.2, -0.15) is 0 Å². The smallest absolute Gasteiger partial charge is 0.287 e. The molecule has 1 saturated heterocycles. The van der Waals surface area contributed by atoms with Gasteiger partial charge in [0.15, 0.2) is 5.76 Å². The van der Waals surface area contributed by atoms with E-state index in [0.29, 0.717) is 18.1 Å². The summed E-state index contributed by atoms with van der Waals surface area (Å²) in [7, 11) is 0. The predicted molar refractivity (Wildman–Crippen MR) is 99.7 cm³/mol. The summed E-state index contributed by atoms with van der Waals surface area (Å²) in [6.07, 6.45) is 0.923. The number of ether oxygens (including phenoxy) is 1. The predicted octanol–water partition coefficient (Wildman–Crippen LogP) is 2.34. The average Bonchev–Trinajstić information content (AvgIpc) is 3.10. The van der Waals surface area contributed by atoms with Gasteiger partial charge in [-0.25, -0.2) is 0 Å². The first-order valence-corrected chi connectivity index (χ1v) is 8.96. The van der Waals surface area contributed by atoms with Gasteiger partial charge in [0, 0.05) is 29.7 Å². The second-order valence-corrected chi connectivity index (χ2v) is 6.65. The van der Waals surface area contributed by atoms with Crippen LogP contribution >= 0.6 is 15.9 Å². The lowest BCUT2D eigenvalue weighted by molar-refractivity contribution is 0.0374. The molecule has 1 aromatic heterocycles. The van der Waals surface area contributed by atoms with Crippen LogP contribution in [-0.4, -0.2) is 55.7 Å². The first kappa shape index (κ1) is 19.7. The average molecular weight is 411 g/mol. The van der Waals surface area contributed by atoms with Crippen molar-refractivity contribution in [2.75, 3.05) is 39.4 Å². The fourth-order valence-corrected chi connectivity index (χ4v) is 2.91. The number of furan rings is 1.